The summed E-state index contributed by atoms with van der Waals surface area (Å²) >= 11 is 0. The summed E-state index contributed by atoms with van der Waals surface area (Å²) in [6, 6.07) is 0. The van der Waals surface area contributed by atoms with Gasteiger partial charge in [-0.25, -0.2) is 0 Å². The van der Waals surface area contributed by atoms with Gasteiger partial charge in [-0.2, -0.15) is 0 Å². The third kappa shape index (κ3) is 18.5. The minimum atomic E-state index is -1.12. The molecule has 0 spiro atoms. The zero-order chi connectivity index (χ0) is 24.2. The first-order valence-corrected chi connectivity index (χ1v) is 10.9. The van der Waals surface area contributed by atoms with Crippen molar-refractivity contribution in [2.24, 2.45) is 0 Å². The van der Waals surface area contributed by atoms with Crippen LogP contribution in [0.15, 0.2) is 0 Å². The lowest BCUT2D eigenvalue weighted by Gasteiger charge is -2.25. The first-order valence-electron chi connectivity index (χ1n) is 10.9. The summed E-state index contributed by atoms with van der Waals surface area (Å²) in [7, 11) is 0. The normalized spacial score (nSPS) is 11.0. The standard InChI is InChI=1S/C20H38N4O8/c25-11-5-1-3-7-21-17(27)13-23(15-19(29)30)9-10-24(16-20(31)32)14-18(28)22-8-4-2-6-12-26/h25-26H,1-16H2,(H,21,27)(H,22,28)(H,29,30)(H,31,32). The molecule has 0 bridgehead atoms. The van der Waals surface area contributed by atoms with Crippen molar-refractivity contribution in [2.75, 3.05) is 65.6 Å². The van der Waals surface area contributed by atoms with Crippen molar-refractivity contribution in [3.8, 4) is 0 Å². The third-order valence-corrected chi connectivity index (χ3v) is 4.50. The van der Waals surface area contributed by atoms with Gasteiger partial charge >= 0.3 is 11.9 Å². The van der Waals surface area contributed by atoms with Gasteiger partial charge in [-0.3, -0.25) is 29.0 Å². The summed E-state index contributed by atoms with van der Waals surface area (Å²) in [6.07, 6.45) is 4.24. The van der Waals surface area contributed by atoms with Gasteiger partial charge in [0.25, 0.3) is 0 Å². The number of carbonyl (C=O) groups is 4. The van der Waals surface area contributed by atoms with E-state index in [1.165, 1.54) is 9.80 Å². The molecule has 0 aromatic rings. The van der Waals surface area contributed by atoms with Crippen molar-refractivity contribution >= 4 is 23.8 Å². The number of hydrogen-bond donors (Lipinski definition) is 6. The molecule has 0 atom stereocenters. The van der Waals surface area contributed by atoms with E-state index < -0.39 is 25.0 Å². The Labute approximate surface area is 188 Å². The van der Waals surface area contributed by atoms with Crippen LogP contribution in [-0.2, 0) is 19.2 Å². The molecular formula is C20H38N4O8. The summed E-state index contributed by atoms with van der Waals surface area (Å²) in [5.74, 6) is -2.93. The molecule has 0 heterocycles. The molecule has 0 aromatic heterocycles. The number of nitrogens with one attached hydrogen (secondary N) is 2. The highest BCUT2D eigenvalue weighted by Crippen LogP contribution is 1.97. The topological polar surface area (TPSA) is 180 Å². The first-order chi connectivity index (χ1) is 15.3. The predicted octanol–water partition coefficient (Wildman–Crippen LogP) is -1.68. The highest BCUT2D eigenvalue weighted by molar-refractivity contribution is 5.79. The maximum Gasteiger partial charge on any atom is 0.317 e. The maximum atomic E-state index is 12.1. The summed E-state index contributed by atoms with van der Waals surface area (Å²) in [6.45, 7) is 0.111. The van der Waals surface area contributed by atoms with Crippen molar-refractivity contribution in [1.82, 2.24) is 20.4 Å². The number of rotatable bonds is 21. The van der Waals surface area contributed by atoms with Crippen LogP contribution in [0.25, 0.3) is 0 Å². The van der Waals surface area contributed by atoms with Crippen LogP contribution in [-0.4, -0.2) is 120 Å². The quantitative estimate of drug-likeness (QED) is 0.108. The zero-order valence-electron chi connectivity index (χ0n) is 18.6. The maximum absolute atomic E-state index is 12.1. The number of unbranched alkanes of at least 4 members (excludes halogenated alkanes) is 4. The molecule has 0 radical (unpaired) electrons. The van der Waals surface area contributed by atoms with E-state index in [2.05, 4.69) is 10.6 Å². The summed E-state index contributed by atoms with van der Waals surface area (Å²) in [5.41, 5.74) is 0. The van der Waals surface area contributed by atoms with Gasteiger partial charge in [-0.15, -0.1) is 0 Å². The van der Waals surface area contributed by atoms with Gasteiger partial charge in [0.1, 0.15) is 0 Å². The number of hydrogen-bond acceptors (Lipinski definition) is 8. The molecule has 0 saturated carbocycles. The molecule has 0 saturated heterocycles. The largest absolute Gasteiger partial charge is 0.480 e. The van der Waals surface area contributed by atoms with Crippen LogP contribution < -0.4 is 10.6 Å². The lowest BCUT2D eigenvalue weighted by molar-refractivity contribution is -0.141. The second-order valence-electron chi connectivity index (χ2n) is 7.48. The summed E-state index contributed by atoms with van der Waals surface area (Å²) in [5, 5.41) is 41.1. The Morgan fingerprint density at radius 1 is 0.562 bits per heavy atom. The smallest absolute Gasteiger partial charge is 0.317 e. The van der Waals surface area contributed by atoms with Gasteiger partial charge in [-0.1, -0.05) is 0 Å². The number of aliphatic carboxylic acids is 2. The fourth-order valence-corrected chi connectivity index (χ4v) is 2.89. The van der Waals surface area contributed by atoms with Crippen molar-refractivity contribution in [3.63, 3.8) is 0 Å². The van der Waals surface area contributed by atoms with E-state index in [0.29, 0.717) is 38.8 Å². The Kier molecular flexibility index (Phi) is 18.0. The van der Waals surface area contributed by atoms with Crippen LogP contribution in [0.4, 0.5) is 0 Å². The van der Waals surface area contributed by atoms with Crippen LogP contribution in [0.1, 0.15) is 38.5 Å². The SMILES string of the molecule is O=C(O)CN(CCN(CC(=O)O)CC(=O)NCCCCCO)CC(=O)NCCCCCO. The number of aliphatic hydroxyl groups excluding tert-OH is 2. The molecule has 12 heteroatoms. The second kappa shape index (κ2) is 19.4. The fraction of sp³-hybridized carbons (Fsp3) is 0.800. The molecule has 0 aliphatic carbocycles. The lowest BCUT2D eigenvalue weighted by atomic mass is 10.2. The molecule has 0 aliphatic heterocycles. The predicted molar refractivity (Wildman–Crippen MR) is 116 cm³/mol. The van der Waals surface area contributed by atoms with Gasteiger partial charge in [0, 0.05) is 39.4 Å². The van der Waals surface area contributed by atoms with E-state index in [1.807, 2.05) is 0 Å². The molecule has 6 N–H and O–H groups in total. The number of carbonyl (C=O) groups excluding carboxylic acids is 2. The molecule has 32 heavy (non-hydrogen) atoms. The number of amides is 2. The van der Waals surface area contributed by atoms with Crippen molar-refractivity contribution < 1.29 is 39.6 Å². The monoisotopic (exact) mass is 462 g/mol. The van der Waals surface area contributed by atoms with Gasteiger partial charge < -0.3 is 31.1 Å². The van der Waals surface area contributed by atoms with Crippen molar-refractivity contribution in [2.45, 2.75) is 38.5 Å². The minimum absolute atomic E-state index is 0.0922. The van der Waals surface area contributed by atoms with Gasteiger partial charge in [-0.05, 0) is 38.5 Å². The highest BCUT2D eigenvalue weighted by Gasteiger charge is 2.18. The van der Waals surface area contributed by atoms with Crippen molar-refractivity contribution in [3.05, 3.63) is 0 Å². The average Bonchev–Trinajstić information content (AvgIpc) is 2.70. The average molecular weight is 463 g/mol. The van der Waals surface area contributed by atoms with Crippen LogP contribution in [0.2, 0.25) is 0 Å². The van der Waals surface area contributed by atoms with E-state index in [9.17, 15) is 19.2 Å². The van der Waals surface area contributed by atoms with Gasteiger partial charge in [0.2, 0.25) is 11.8 Å². The van der Waals surface area contributed by atoms with Crippen molar-refractivity contribution in [1.29, 1.82) is 0 Å². The van der Waals surface area contributed by atoms with Crippen LogP contribution in [0.3, 0.4) is 0 Å². The number of aliphatic hydroxyl groups is 2. The summed E-state index contributed by atoms with van der Waals surface area (Å²) in [4.78, 5) is 49.2. The van der Waals surface area contributed by atoms with E-state index in [4.69, 9.17) is 20.4 Å². The van der Waals surface area contributed by atoms with Crippen LogP contribution >= 0.6 is 0 Å². The molecule has 0 aromatic carbocycles. The minimum Gasteiger partial charge on any atom is -0.480 e. The number of carboxylic acids is 2. The number of carboxylic acid groups (broad SMARTS) is 2. The molecular weight excluding hydrogens is 424 g/mol. The third-order valence-electron chi connectivity index (χ3n) is 4.50. The molecule has 12 nitrogen and oxygen atoms in total. The Bertz CT molecular complexity index is 514. The second-order valence-corrected chi connectivity index (χ2v) is 7.48. The van der Waals surface area contributed by atoms with E-state index in [1.54, 1.807) is 0 Å². The Morgan fingerprint density at radius 3 is 1.25 bits per heavy atom. The Morgan fingerprint density at radius 2 is 0.938 bits per heavy atom. The van der Waals surface area contributed by atoms with Crippen LogP contribution in [0.5, 0.6) is 0 Å². The van der Waals surface area contributed by atoms with E-state index >= 15 is 0 Å². The van der Waals surface area contributed by atoms with E-state index in [0.717, 1.165) is 12.8 Å². The molecule has 186 valence electrons. The lowest BCUT2D eigenvalue weighted by Crippen LogP contribution is -2.46. The summed E-state index contributed by atoms with van der Waals surface area (Å²) < 4.78 is 0. The molecule has 0 unspecified atom stereocenters. The Balaban J connectivity index is 4.58. The van der Waals surface area contributed by atoms with Crippen LogP contribution in [0, 0.1) is 0 Å². The highest BCUT2D eigenvalue weighted by atomic mass is 16.4. The molecule has 2 amide bonds. The molecule has 0 aliphatic rings. The number of nitrogens with zero attached hydrogens (tertiary/aromatic N) is 2. The fourth-order valence-electron chi connectivity index (χ4n) is 2.89. The molecule has 0 fully saturated rings. The van der Waals surface area contributed by atoms with Gasteiger partial charge in [0.05, 0.1) is 26.2 Å². The van der Waals surface area contributed by atoms with Gasteiger partial charge in [0.15, 0.2) is 0 Å². The van der Waals surface area contributed by atoms with E-state index in [-0.39, 0.29) is 51.2 Å². The Hall–Kier alpha value is -2.28. The first kappa shape index (κ1) is 29.7. The zero-order valence-corrected chi connectivity index (χ0v) is 18.6. The molecule has 0 rings (SSSR count).